The van der Waals surface area contributed by atoms with Gasteiger partial charge in [-0.1, -0.05) is 13.3 Å². The van der Waals surface area contributed by atoms with E-state index in [0.29, 0.717) is 13.0 Å². The van der Waals surface area contributed by atoms with E-state index in [4.69, 9.17) is 10.00 Å². The lowest BCUT2D eigenvalue weighted by Crippen LogP contribution is -2.29. The summed E-state index contributed by atoms with van der Waals surface area (Å²) in [5.74, 6) is -0.347. The van der Waals surface area contributed by atoms with E-state index in [9.17, 15) is 4.79 Å². The van der Waals surface area contributed by atoms with Crippen molar-refractivity contribution in [2.24, 2.45) is 11.8 Å². The second kappa shape index (κ2) is 5.77. The molecule has 2 atom stereocenters. The third kappa shape index (κ3) is 2.81. The summed E-state index contributed by atoms with van der Waals surface area (Å²) in [5.41, 5.74) is 0. The smallest absolute Gasteiger partial charge is 0.155 e. The van der Waals surface area contributed by atoms with Crippen LogP contribution in [0.25, 0.3) is 0 Å². The molecule has 1 aliphatic rings. The van der Waals surface area contributed by atoms with E-state index in [1.165, 1.54) is 0 Å². The molecule has 0 aromatic carbocycles. The van der Waals surface area contributed by atoms with Gasteiger partial charge in [0.15, 0.2) is 5.78 Å². The predicted octanol–water partition coefficient (Wildman–Crippen LogP) is 1.92. The molecule has 3 heteroatoms. The summed E-state index contributed by atoms with van der Waals surface area (Å²) in [7, 11) is 0. The summed E-state index contributed by atoms with van der Waals surface area (Å²) < 4.78 is 5.25. The van der Waals surface area contributed by atoms with Crippen molar-refractivity contribution < 1.29 is 9.53 Å². The minimum atomic E-state index is -0.410. The molecule has 0 aliphatic carbocycles. The van der Waals surface area contributed by atoms with Gasteiger partial charge < -0.3 is 4.74 Å². The Hall–Kier alpha value is -0.880. The number of carbonyl (C=O) groups is 1. The monoisotopic (exact) mass is 195 g/mol. The number of ketones is 1. The van der Waals surface area contributed by atoms with Gasteiger partial charge in [0.25, 0.3) is 0 Å². The van der Waals surface area contributed by atoms with Crippen molar-refractivity contribution in [3.8, 4) is 6.07 Å². The largest absolute Gasteiger partial charge is 0.381 e. The summed E-state index contributed by atoms with van der Waals surface area (Å²) in [6.07, 6.45) is 3.41. The molecule has 0 aromatic rings. The van der Waals surface area contributed by atoms with Gasteiger partial charge in [-0.15, -0.1) is 0 Å². The van der Waals surface area contributed by atoms with Crippen LogP contribution in [0.5, 0.6) is 0 Å². The van der Waals surface area contributed by atoms with E-state index >= 15 is 0 Å². The molecule has 0 aromatic heterocycles. The summed E-state index contributed by atoms with van der Waals surface area (Å²) >= 11 is 0. The van der Waals surface area contributed by atoms with E-state index < -0.39 is 5.92 Å². The van der Waals surface area contributed by atoms with Crippen molar-refractivity contribution in [1.82, 2.24) is 0 Å². The first-order valence-corrected chi connectivity index (χ1v) is 5.30. The highest BCUT2D eigenvalue weighted by Gasteiger charge is 2.27. The van der Waals surface area contributed by atoms with Crippen molar-refractivity contribution in [2.45, 2.75) is 32.6 Å². The minimum absolute atomic E-state index is 0.0278. The molecule has 14 heavy (non-hydrogen) atoms. The fourth-order valence-corrected chi connectivity index (χ4v) is 1.81. The number of nitrogens with zero attached hydrogens (tertiary/aromatic N) is 1. The zero-order chi connectivity index (χ0) is 10.4. The molecule has 1 fully saturated rings. The van der Waals surface area contributed by atoms with Crippen molar-refractivity contribution in [3.63, 3.8) is 0 Å². The molecule has 78 valence electrons. The van der Waals surface area contributed by atoms with Crippen LogP contribution in [-0.2, 0) is 9.53 Å². The van der Waals surface area contributed by atoms with Crippen molar-refractivity contribution >= 4 is 5.78 Å². The topological polar surface area (TPSA) is 50.1 Å². The average Bonchev–Trinajstić information content (AvgIpc) is 2.26. The van der Waals surface area contributed by atoms with E-state index in [2.05, 4.69) is 6.07 Å². The molecular weight excluding hydrogens is 178 g/mol. The van der Waals surface area contributed by atoms with Gasteiger partial charge in [-0.25, -0.2) is 0 Å². The number of rotatable bonds is 4. The van der Waals surface area contributed by atoms with Gasteiger partial charge in [-0.3, -0.25) is 4.79 Å². The second-order valence-electron chi connectivity index (χ2n) is 3.79. The Morgan fingerprint density at radius 1 is 1.71 bits per heavy atom. The van der Waals surface area contributed by atoms with E-state index in [1.54, 1.807) is 0 Å². The molecule has 0 spiro atoms. The Labute approximate surface area is 85.1 Å². The Balaban J connectivity index is 2.48. The standard InChI is InChI=1S/C11H17NO2/c1-2-4-9(7-12)11(13)10-5-3-6-14-8-10/h9-10H,2-6,8H2,1H3. The molecule has 1 heterocycles. The maximum absolute atomic E-state index is 11.8. The fourth-order valence-electron chi connectivity index (χ4n) is 1.81. The Kier molecular flexibility index (Phi) is 4.61. The third-order valence-electron chi connectivity index (χ3n) is 2.64. The van der Waals surface area contributed by atoms with Crippen molar-refractivity contribution in [1.29, 1.82) is 5.26 Å². The molecule has 0 saturated carbocycles. The summed E-state index contributed by atoms with van der Waals surface area (Å²) in [6, 6.07) is 2.09. The van der Waals surface area contributed by atoms with Gasteiger partial charge in [-0.2, -0.15) is 5.26 Å². The second-order valence-corrected chi connectivity index (χ2v) is 3.79. The molecule has 0 N–H and O–H groups in total. The molecular formula is C11H17NO2. The zero-order valence-electron chi connectivity index (χ0n) is 8.66. The van der Waals surface area contributed by atoms with Crippen LogP contribution in [0.2, 0.25) is 0 Å². The third-order valence-corrected chi connectivity index (χ3v) is 2.64. The molecule has 1 rings (SSSR count). The minimum Gasteiger partial charge on any atom is -0.381 e. The van der Waals surface area contributed by atoms with Crippen LogP contribution < -0.4 is 0 Å². The Bertz CT molecular complexity index is 226. The van der Waals surface area contributed by atoms with E-state index in [1.807, 2.05) is 6.92 Å². The predicted molar refractivity (Wildman–Crippen MR) is 52.6 cm³/mol. The molecule has 0 amide bonds. The summed E-state index contributed by atoms with van der Waals surface area (Å²) in [4.78, 5) is 11.8. The van der Waals surface area contributed by atoms with E-state index in [0.717, 1.165) is 25.9 Å². The summed E-state index contributed by atoms with van der Waals surface area (Å²) in [5, 5.41) is 8.85. The number of nitriles is 1. The maximum atomic E-state index is 11.8. The lowest BCUT2D eigenvalue weighted by molar-refractivity contribution is -0.129. The Morgan fingerprint density at radius 3 is 3.00 bits per heavy atom. The normalized spacial score (nSPS) is 23.9. The summed E-state index contributed by atoms with van der Waals surface area (Å²) in [6.45, 7) is 3.27. The maximum Gasteiger partial charge on any atom is 0.155 e. The van der Waals surface area contributed by atoms with Gasteiger partial charge in [0.05, 0.1) is 12.7 Å². The van der Waals surface area contributed by atoms with Crippen LogP contribution in [0, 0.1) is 23.2 Å². The highest BCUT2D eigenvalue weighted by Crippen LogP contribution is 2.20. The Morgan fingerprint density at radius 2 is 2.50 bits per heavy atom. The van der Waals surface area contributed by atoms with Crippen LogP contribution in [0.15, 0.2) is 0 Å². The van der Waals surface area contributed by atoms with Crippen LogP contribution in [-0.4, -0.2) is 19.0 Å². The SMILES string of the molecule is CCCC(C#N)C(=O)C1CCCOC1. The number of hydrogen-bond donors (Lipinski definition) is 0. The molecule has 0 bridgehead atoms. The number of ether oxygens (including phenoxy) is 1. The first-order valence-electron chi connectivity index (χ1n) is 5.30. The molecule has 1 saturated heterocycles. The van der Waals surface area contributed by atoms with Crippen molar-refractivity contribution in [3.05, 3.63) is 0 Å². The van der Waals surface area contributed by atoms with Crippen molar-refractivity contribution in [2.75, 3.05) is 13.2 Å². The van der Waals surface area contributed by atoms with Gasteiger partial charge in [0.1, 0.15) is 5.92 Å². The van der Waals surface area contributed by atoms with Gasteiger partial charge >= 0.3 is 0 Å². The quantitative estimate of drug-likeness (QED) is 0.688. The van der Waals surface area contributed by atoms with Gasteiger partial charge in [0.2, 0.25) is 0 Å². The zero-order valence-corrected chi connectivity index (χ0v) is 8.66. The van der Waals surface area contributed by atoms with Crippen LogP contribution >= 0.6 is 0 Å². The highest BCUT2D eigenvalue weighted by molar-refractivity contribution is 5.85. The van der Waals surface area contributed by atoms with Crippen LogP contribution in [0.1, 0.15) is 32.6 Å². The van der Waals surface area contributed by atoms with Gasteiger partial charge in [0, 0.05) is 12.5 Å². The molecule has 3 nitrogen and oxygen atoms in total. The highest BCUT2D eigenvalue weighted by atomic mass is 16.5. The lowest BCUT2D eigenvalue weighted by atomic mass is 9.87. The van der Waals surface area contributed by atoms with Gasteiger partial charge in [-0.05, 0) is 19.3 Å². The van der Waals surface area contributed by atoms with E-state index in [-0.39, 0.29) is 11.7 Å². The number of carbonyl (C=O) groups excluding carboxylic acids is 1. The van der Waals surface area contributed by atoms with Crippen LogP contribution in [0.3, 0.4) is 0 Å². The molecule has 1 aliphatic heterocycles. The average molecular weight is 195 g/mol. The lowest BCUT2D eigenvalue weighted by Gasteiger charge is -2.22. The molecule has 0 radical (unpaired) electrons. The number of hydrogen-bond acceptors (Lipinski definition) is 3. The first-order chi connectivity index (χ1) is 6.79. The number of Topliss-reactive ketones (excluding diaryl/α,β-unsaturated/α-hetero) is 1. The molecule has 2 unspecified atom stereocenters. The van der Waals surface area contributed by atoms with Crippen LogP contribution in [0.4, 0.5) is 0 Å². The fraction of sp³-hybridized carbons (Fsp3) is 0.818. The first kappa shape index (κ1) is 11.2.